The molecule has 0 spiro atoms. The van der Waals surface area contributed by atoms with Gasteiger partial charge in [-0.2, -0.15) is 0 Å². The molecule has 2 aromatic heterocycles. The van der Waals surface area contributed by atoms with Crippen molar-refractivity contribution in [2.75, 3.05) is 0 Å². The third kappa shape index (κ3) is 3.00. The number of rotatable bonds is 4. The Bertz CT molecular complexity index is 547. The number of carbonyl (C=O) groups excluding carboxylic acids is 1. The number of ketones is 1. The van der Waals surface area contributed by atoms with E-state index in [2.05, 4.69) is 16.9 Å². The maximum Gasteiger partial charge on any atom is 0.170 e. The summed E-state index contributed by atoms with van der Waals surface area (Å²) >= 11 is 0. The third-order valence-electron chi connectivity index (χ3n) is 2.83. The second-order valence-corrected chi connectivity index (χ2v) is 4.36. The van der Waals surface area contributed by atoms with Crippen LogP contribution in [0.4, 0.5) is 0 Å². The minimum absolute atomic E-state index is 0.0583. The topological polar surface area (TPSA) is 42.9 Å². The quantitative estimate of drug-likeness (QED) is 0.772. The van der Waals surface area contributed by atoms with E-state index in [4.69, 9.17) is 0 Å². The van der Waals surface area contributed by atoms with Gasteiger partial charge in [0.05, 0.1) is 6.42 Å². The Balaban J connectivity index is 2.11. The Morgan fingerprint density at radius 3 is 2.67 bits per heavy atom. The van der Waals surface area contributed by atoms with Crippen LogP contribution in [0.2, 0.25) is 0 Å². The summed E-state index contributed by atoms with van der Waals surface area (Å²) in [6.45, 7) is 4.01. The summed E-state index contributed by atoms with van der Waals surface area (Å²) in [5.74, 6) is 0.0583. The molecule has 0 radical (unpaired) electrons. The van der Waals surface area contributed by atoms with Crippen LogP contribution in [0.1, 0.15) is 34.1 Å². The second-order valence-electron chi connectivity index (χ2n) is 4.36. The second kappa shape index (κ2) is 5.54. The molecule has 0 saturated carbocycles. The summed E-state index contributed by atoms with van der Waals surface area (Å²) < 4.78 is 0. The molecule has 0 aromatic carbocycles. The van der Waals surface area contributed by atoms with Crippen molar-refractivity contribution in [3.05, 3.63) is 59.2 Å². The van der Waals surface area contributed by atoms with Crippen molar-refractivity contribution in [1.82, 2.24) is 9.97 Å². The van der Waals surface area contributed by atoms with Crippen LogP contribution in [0, 0.1) is 6.92 Å². The van der Waals surface area contributed by atoms with Crippen LogP contribution >= 0.6 is 0 Å². The fourth-order valence-electron chi connectivity index (χ4n) is 1.74. The maximum atomic E-state index is 12.0. The third-order valence-corrected chi connectivity index (χ3v) is 2.83. The van der Waals surface area contributed by atoms with Crippen LogP contribution < -0.4 is 0 Å². The fourth-order valence-corrected chi connectivity index (χ4v) is 1.74. The average molecular weight is 240 g/mol. The highest BCUT2D eigenvalue weighted by Gasteiger charge is 2.08. The molecule has 0 unspecified atom stereocenters. The molecule has 0 amide bonds. The molecule has 0 N–H and O–H groups in total. The van der Waals surface area contributed by atoms with E-state index in [-0.39, 0.29) is 5.78 Å². The summed E-state index contributed by atoms with van der Waals surface area (Å²) in [5, 5.41) is 0. The lowest BCUT2D eigenvalue weighted by Crippen LogP contribution is -2.06. The lowest BCUT2D eigenvalue weighted by atomic mass is 10.1. The van der Waals surface area contributed by atoms with E-state index >= 15 is 0 Å². The Labute approximate surface area is 107 Å². The van der Waals surface area contributed by atoms with Gasteiger partial charge < -0.3 is 0 Å². The van der Waals surface area contributed by atoms with Gasteiger partial charge in [-0.15, -0.1) is 0 Å². The van der Waals surface area contributed by atoms with Crippen molar-refractivity contribution in [3.8, 4) is 0 Å². The van der Waals surface area contributed by atoms with Crippen LogP contribution in [0.3, 0.4) is 0 Å². The fraction of sp³-hybridized carbons (Fsp3) is 0.267. The highest BCUT2D eigenvalue weighted by molar-refractivity contribution is 5.97. The summed E-state index contributed by atoms with van der Waals surface area (Å²) in [5.41, 5.74) is 3.63. The van der Waals surface area contributed by atoms with Crippen molar-refractivity contribution in [2.24, 2.45) is 0 Å². The molecule has 2 aromatic rings. The van der Waals surface area contributed by atoms with Crippen molar-refractivity contribution >= 4 is 5.78 Å². The van der Waals surface area contributed by atoms with E-state index in [0.29, 0.717) is 12.0 Å². The van der Waals surface area contributed by atoms with Crippen molar-refractivity contribution in [3.63, 3.8) is 0 Å². The number of carbonyl (C=O) groups is 1. The Hall–Kier alpha value is -2.03. The number of aromatic nitrogens is 2. The van der Waals surface area contributed by atoms with Crippen LogP contribution in [0.5, 0.6) is 0 Å². The number of aryl methyl sites for hydroxylation is 2. The van der Waals surface area contributed by atoms with Gasteiger partial charge in [-0.1, -0.05) is 13.0 Å². The van der Waals surface area contributed by atoms with Gasteiger partial charge in [0.15, 0.2) is 5.78 Å². The Morgan fingerprint density at radius 1 is 1.22 bits per heavy atom. The monoisotopic (exact) mass is 240 g/mol. The Morgan fingerprint density at radius 2 is 2.06 bits per heavy atom. The molecular weight excluding hydrogens is 224 g/mol. The Kier molecular flexibility index (Phi) is 3.82. The molecule has 0 saturated heterocycles. The van der Waals surface area contributed by atoms with Crippen molar-refractivity contribution in [1.29, 1.82) is 0 Å². The maximum absolute atomic E-state index is 12.0. The molecule has 92 valence electrons. The predicted octanol–water partition coefficient (Wildman–Crippen LogP) is 2.77. The lowest BCUT2D eigenvalue weighted by Gasteiger charge is -2.02. The van der Waals surface area contributed by atoms with Gasteiger partial charge in [0.2, 0.25) is 0 Å². The molecule has 3 heteroatoms. The summed E-state index contributed by atoms with van der Waals surface area (Å²) in [6.07, 6.45) is 6.47. The molecule has 2 heterocycles. The standard InChI is InChI=1S/C15H16N2O/c1-3-12-4-5-14(17-9-12)7-15(18)13-6-11(2)8-16-10-13/h4-6,8-10H,3,7H2,1-2H3. The minimum Gasteiger partial charge on any atom is -0.294 e. The number of hydrogen-bond acceptors (Lipinski definition) is 3. The van der Waals surface area contributed by atoms with Crippen molar-refractivity contribution in [2.45, 2.75) is 26.7 Å². The summed E-state index contributed by atoms with van der Waals surface area (Å²) in [7, 11) is 0. The number of hydrogen-bond donors (Lipinski definition) is 0. The lowest BCUT2D eigenvalue weighted by molar-refractivity contribution is 0.0991. The first kappa shape index (κ1) is 12.4. The predicted molar refractivity (Wildman–Crippen MR) is 70.6 cm³/mol. The van der Waals surface area contributed by atoms with Crippen LogP contribution in [-0.2, 0) is 12.8 Å². The van der Waals surface area contributed by atoms with E-state index in [9.17, 15) is 4.79 Å². The van der Waals surface area contributed by atoms with E-state index in [0.717, 1.165) is 17.7 Å². The first-order valence-electron chi connectivity index (χ1n) is 6.07. The van der Waals surface area contributed by atoms with Gasteiger partial charge in [-0.3, -0.25) is 14.8 Å². The number of Topliss-reactive ketones (excluding diaryl/α,β-unsaturated/α-hetero) is 1. The van der Waals surface area contributed by atoms with Gasteiger partial charge in [-0.05, 0) is 36.6 Å². The summed E-state index contributed by atoms with van der Waals surface area (Å²) in [6, 6.07) is 5.79. The zero-order valence-electron chi connectivity index (χ0n) is 10.7. The molecule has 18 heavy (non-hydrogen) atoms. The van der Waals surface area contributed by atoms with E-state index < -0.39 is 0 Å². The molecule has 0 aliphatic heterocycles. The molecule has 0 bridgehead atoms. The van der Waals surface area contributed by atoms with Gasteiger partial charge in [0.1, 0.15) is 0 Å². The van der Waals surface area contributed by atoms with Crippen LogP contribution in [0.25, 0.3) is 0 Å². The first-order valence-corrected chi connectivity index (χ1v) is 6.07. The summed E-state index contributed by atoms with van der Waals surface area (Å²) in [4.78, 5) is 20.4. The number of nitrogens with zero attached hydrogens (tertiary/aromatic N) is 2. The van der Waals surface area contributed by atoms with Crippen LogP contribution in [-0.4, -0.2) is 15.8 Å². The highest BCUT2D eigenvalue weighted by atomic mass is 16.1. The first-order chi connectivity index (χ1) is 8.69. The van der Waals surface area contributed by atoms with Crippen molar-refractivity contribution < 1.29 is 4.79 Å². The van der Waals surface area contributed by atoms with E-state index in [1.54, 1.807) is 12.4 Å². The van der Waals surface area contributed by atoms with E-state index in [1.165, 1.54) is 5.56 Å². The normalized spacial score (nSPS) is 10.3. The SMILES string of the molecule is CCc1ccc(CC(=O)c2cncc(C)c2)nc1. The zero-order chi connectivity index (χ0) is 13.0. The van der Waals surface area contributed by atoms with Gasteiger partial charge in [0, 0.05) is 29.8 Å². The molecular formula is C15H16N2O. The van der Waals surface area contributed by atoms with Gasteiger partial charge in [0.25, 0.3) is 0 Å². The number of pyridine rings is 2. The molecule has 0 atom stereocenters. The average Bonchev–Trinajstić information content (AvgIpc) is 2.39. The van der Waals surface area contributed by atoms with Gasteiger partial charge >= 0.3 is 0 Å². The molecule has 0 aliphatic rings. The van der Waals surface area contributed by atoms with Gasteiger partial charge in [-0.25, -0.2) is 0 Å². The molecule has 0 aliphatic carbocycles. The molecule has 0 fully saturated rings. The zero-order valence-corrected chi connectivity index (χ0v) is 10.7. The smallest absolute Gasteiger partial charge is 0.170 e. The highest BCUT2D eigenvalue weighted by Crippen LogP contribution is 2.08. The largest absolute Gasteiger partial charge is 0.294 e. The minimum atomic E-state index is 0.0583. The van der Waals surface area contributed by atoms with E-state index in [1.807, 2.05) is 31.3 Å². The molecule has 2 rings (SSSR count). The molecule has 3 nitrogen and oxygen atoms in total. The van der Waals surface area contributed by atoms with Crippen LogP contribution in [0.15, 0.2) is 36.8 Å².